The molecule has 1 saturated heterocycles. The molecule has 158 valence electrons. The monoisotopic (exact) mass is 427 g/mol. The quantitative estimate of drug-likeness (QED) is 0.321. The van der Waals surface area contributed by atoms with Crippen molar-refractivity contribution in [3.63, 3.8) is 0 Å². The number of nitrogens with one attached hydrogen (secondary N) is 1. The van der Waals surface area contributed by atoms with E-state index in [1.54, 1.807) is 5.38 Å². The summed E-state index contributed by atoms with van der Waals surface area (Å²) >= 11 is 2.87. The van der Waals surface area contributed by atoms with Gasteiger partial charge < -0.3 is 15.3 Å². The number of aromatic nitrogens is 1. The first-order valence-electron chi connectivity index (χ1n) is 10.4. The van der Waals surface area contributed by atoms with Crippen LogP contribution in [0.2, 0.25) is 0 Å². The van der Waals surface area contributed by atoms with Crippen LogP contribution in [0.15, 0.2) is 9.72 Å². The van der Waals surface area contributed by atoms with Gasteiger partial charge in [0, 0.05) is 36.7 Å². The van der Waals surface area contributed by atoms with Gasteiger partial charge in [-0.2, -0.15) is 0 Å². The molecule has 2 rings (SSSR count). The van der Waals surface area contributed by atoms with Gasteiger partial charge in [0.1, 0.15) is 0 Å². The lowest BCUT2D eigenvalue weighted by molar-refractivity contribution is -0.128. The van der Waals surface area contributed by atoms with Crippen molar-refractivity contribution in [2.45, 2.75) is 75.1 Å². The highest BCUT2D eigenvalue weighted by Crippen LogP contribution is 2.24. The van der Waals surface area contributed by atoms with Crippen molar-refractivity contribution >= 4 is 35.0 Å². The van der Waals surface area contributed by atoms with Crippen LogP contribution in [0.3, 0.4) is 0 Å². The molecule has 1 aromatic rings. The molecule has 0 unspecified atom stereocenters. The number of hydrogen-bond donors (Lipinski definition) is 2. The zero-order chi connectivity index (χ0) is 20.2. The lowest BCUT2D eigenvalue weighted by atomic mass is 10.1. The number of carboxylic acids is 1. The molecule has 0 saturated carbocycles. The van der Waals surface area contributed by atoms with Gasteiger partial charge in [-0.1, -0.05) is 57.2 Å². The number of rotatable bonds is 15. The number of carboxylic acid groups (broad SMARTS) is 1. The first-order valence-corrected chi connectivity index (χ1v) is 12.3. The minimum Gasteiger partial charge on any atom is -0.476 e. The van der Waals surface area contributed by atoms with Crippen molar-refractivity contribution in [3.05, 3.63) is 11.1 Å². The molecule has 0 aliphatic carbocycles. The van der Waals surface area contributed by atoms with Crippen molar-refractivity contribution in [2.75, 3.05) is 25.4 Å². The Hall–Kier alpha value is -1.12. The summed E-state index contributed by atoms with van der Waals surface area (Å²) in [5, 5.41) is 14.0. The van der Waals surface area contributed by atoms with Gasteiger partial charge in [-0.3, -0.25) is 4.79 Å². The number of carbonyl (C=O) groups excluding carboxylic acids is 1. The molecule has 2 N–H and O–H groups in total. The van der Waals surface area contributed by atoms with E-state index in [9.17, 15) is 9.59 Å². The van der Waals surface area contributed by atoms with Crippen molar-refractivity contribution in [1.82, 2.24) is 15.2 Å². The number of aromatic carboxylic acids is 1. The first kappa shape index (κ1) is 23.2. The molecule has 2 heterocycles. The van der Waals surface area contributed by atoms with Crippen LogP contribution in [0.1, 0.15) is 75.2 Å². The minimum absolute atomic E-state index is 0.0946. The molecule has 0 radical (unpaired) electrons. The van der Waals surface area contributed by atoms with Gasteiger partial charge in [-0.05, 0) is 19.4 Å². The number of unbranched alkanes of at least 4 members (excludes halogenated alkanes) is 6. The highest BCUT2D eigenvalue weighted by molar-refractivity contribution is 8.01. The van der Waals surface area contributed by atoms with Crippen LogP contribution >= 0.6 is 23.1 Å². The topological polar surface area (TPSA) is 82.5 Å². The third kappa shape index (κ3) is 8.09. The summed E-state index contributed by atoms with van der Waals surface area (Å²) in [5.41, 5.74) is 0.0946. The van der Waals surface area contributed by atoms with Crippen LogP contribution in [0.5, 0.6) is 0 Å². The Morgan fingerprint density at radius 1 is 1.32 bits per heavy atom. The molecular formula is C20H33N3O3S2. The van der Waals surface area contributed by atoms with Crippen molar-refractivity contribution in [1.29, 1.82) is 0 Å². The van der Waals surface area contributed by atoms with Crippen LogP contribution in [-0.2, 0) is 4.79 Å². The number of nitrogens with zero attached hydrogens (tertiary/aromatic N) is 2. The second-order valence-electron chi connectivity index (χ2n) is 7.26. The van der Waals surface area contributed by atoms with E-state index in [1.165, 1.54) is 68.0 Å². The van der Waals surface area contributed by atoms with Gasteiger partial charge in [-0.25, -0.2) is 9.78 Å². The Labute approximate surface area is 176 Å². The summed E-state index contributed by atoms with van der Waals surface area (Å²) in [5.74, 6) is -0.0225. The molecule has 1 amide bonds. The summed E-state index contributed by atoms with van der Waals surface area (Å²) < 4.78 is 0.748. The highest BCUT2D eigenvalue weighted by Gasteiger charge is 2.30. The SMILES string of the molecule is CCCCCCCCCNC[C@H]1CCC(=O)N1CCSc1nc(C(=O)O)cs1. The second-order valence-corrected chi connectivity index (χ2v) is 9.46. The van der Waals surface area contributed by atoms with Gasteiger partial charge in [0.2, 0.25) is 5.91 Å². The minimum atomic E-state index is -0.995. The summed E-state index contributed by atoms with van der Waals surface area (Å²) in [6.07, 6.45) is 10.7. The van der Waals surface area contributed by atoms with Gasteiger partial charge in [0.25, 0.3) is 0 Å². The van der Waals surface area contributed by atoms with Crippen LogP contribution in [0.4, 0.5) is 0 Å². The molecule has 1 aliphatic heterocycles. The van der Waals surface area contributed by atoms with Crippen LogP contribution < -0.4 is 5.32 Å². The molecule has 0 bridgehead atoms. The van der Waals surface area contributed by atoms with E-state index in [0.29, 0.717) is 13.0 Å². The molecule has 1 aliphatic rings. The number of likely N-dealkylation sites (tertiary alicyclic amines) is 1. The highest BCUT2D eigenvalue weighted by atomic mass is 32.2. The van der Waals surface area contributed by atoms with E-state index in [-0.39, 0.29) is 17.6 Å². The third-order valence-electron chi connectivity index (χ3n) is 5.05. The zero-order valence-electron chi connectivity index (χ0n) is 16.8. The molecule has 1 aromatic heterocycles. The van der Waals surface area contributed by atoms with Crippen molar-refractivity contribution in [2.24, 2.45) is 0 Å². The number of amides is 1. The number of carbonyl (C=O) groups is 2. The predicted octanol–water partition coefficient (Wildman–Crippen LogP) is 4.26. The first-order chi connectivity index (χ1) is 13.6. The predicted molar refractivity (Wildman–Crippen MR) is 115 cm³/mol. The molecule has 1 fully saturated rings. The van der Waals surface area contributed by atoms with Crippen molar-refractivity contribution < 1.29 is 14.7 Å². The normalized spacial score (nSPS) is 16.8. The summed E-state index contributed by atoms with van der Waals surface area (Å²) in [4.78, 5) is 29.1. The maximum Gasteiger partial charge on any atom is 0.355 e. The largest absolute Gasteiger partial charge is 0.476 e. The Morgan fingerprint density at radius 3 is 2.79 bits per heavy atom. The van der Waals surface area contributed by atoms with Crippen LogP contribution in [0, 0.1) is 0 Å². The van der Waals surface area contributed by atoms with Gasteiger partial charge in [-0.15, -0.1) is 11.3 Å². The number of thioether (sulfide) groups is 1. The van der Waals surface area contributed by atoms with Gasteiger partial charge in [0.05, 0.1) is 0 Å². The second kappa shape index (κ2) is 13.2. The third-order valence-corrected chi connectivity index (χ3v) is 7.05. The summed E-state index contributed by atoms with van der Waals surface area (Å²) in [7, 11) is 0. The fourth-order valence-corrected chi connectivity index (χ4v) is 5.25. The van der Waals surface area contributed by atoms with Crippen molar-refractivity contribution in [3.8, 4) is 0 Å². The maximum absolute atomic E-state index is 12.2. The fourth-order valence-electron chi connectivity index (χ4n) is 3.44. The van der Waals surface area contributed by atoms with Gasteiger partial charge >= 0.3 is 5.97 Å². The Kier molecular flexibility index (Phi) is 10.9. The van der Waals surface area contributed by atoms with E-state index in [2.05, 4.69) is 17.2 Å². The Bertz CT molecular complexity index is 609. The van der Waals surface area contributed by atoms with E-state index < -0.39 is 5.97 Å². The molecule has 8 heteroatoms. The van der Waals surface area contributed by atoms with Crippen LogP contribution in [0.25, 0.3) is 0 Å². The number of hydrogen-bond acceptors (Lipinski definition) is 6. The van der Waals surface area contributed by atoms with E-state index in [1.807, 2.05) is 4.90 Å². The Morgan fingerprint density at radius 2 is 2.07 bits per heavy atom. The zero-order valence-corrected chi connectivity index (χ0v) is 18.5. The number of thiazole rings is 1. The average Bonchev–Trinajstić information content (AvgIpc) is 3.28. The Balaban J connectivity index is 1.59. The lowest BCUT2D eigenvalue weighted by Gasteiger charge is -2.25. The van der Waals surface area contributed by atoms with Crippen LogP contribution in [-0.4, -0.2) is 58.3 Å². The van der Waals surface area contributed by atoms with Gasteiger partial charge in [0.15, 0.2) is 10.0 Å². The lowest BCUT2D eigenvalue weighted by Crippen LogP contribution is -2.41. The van der Waals surface area contributed by atoms with E-state index >= 15 is 0 Å². The maximum atomic E-state index is 12.2. The smallest absolute Gasteiger partial charge is 0.355 e. The summed E-state index contributed by atoms with van der Waals surface area (Å²) in [6, 6.07) is 0.281. The van der Waals surface area contributed by atoms with E-state index in [4.69, 9.17) is 5.11 Å². The molecular weight excluding hydrogens is 394 g/mol. The summed E-state index contributed by atoms with van der Waals surface area (Å²) in [6.45, 7) is 4.83. The molecule has 1 atom stereocenters. The molecule has 0 aromatic carbocycles. The van der Waals surface area contributed by atoms with E-state index in [0.717, 1.165) is 29.6 Å². The molecule has 28 heavy (non-hydrogen) atoms. The fraction of sp³-hybridized carbons (Fsp3) is 0.750. The standard InChI is InChI=1S/C20H33N3O3S2/c1-2-3-4-5-6-7-8-11-21-14-16-9-10-18(24)23(16)12-13-27-20-22-17(15-28-20)19(25)26/h15-16,21H,2-14H2,1H3,(H,25,26)/t16-/m1/s1. The average molecular weight is 428 g/mol. The molecule has 0 spiro atoms. The molecule has 6 nitrogen and oxygen atoms in total.